The van der Waals surface area contributed by atoms with Crippen molar-refractivity contribution in [2.75, 3.05) is 18.4 Å². The zero-order valence-electron chi connectivity index (χ0n) is 16.2. The minimum atomic E-state index is -0.202. The number of hydrogen-bond donors (Lipinski definition) is 1. The average Bonchev–Trinajstić information content (AvgIpc) is 2.75. The maximum atomic E-state index is 12.6. The molecule has 3 aromatic rings. The largest absolute Gasteiger partial charge is 0.339 e. The van der Waals surface area contributed by atoms with Crippen LogP contribution in [0.25, 0.3) is 11.1 Å². The van der Waals surface area contributed by atoms with Gasteiger partial charge < -0.3 is 10.2 Å². The summed E-state index contributed by atoms with van der Waals surface area (Å²) < 4.78 is 0. The second-order valence-corrected chi connectivity index (χ2v) is 6.46. The third-order valence-corrected chi connectivity index (χ3v) is 4.67. The molecule has 3 aromatic carbocycles. The fraction of sp³-hybridized carbons (Fsp3) is 0.167. The summed E-state index contributed by atoms with van der Waals surface area (Å²) in [5.74, 6) is -0.236. The summed E-state index contributed by atoms with van der Waals surface area (Å²) in [6.45, 7) is 5.21. The van der Waals surface area contributed by atoms with Crippen LogP contribution in [0.3, 0.4) is 0 Å². The van der Waals surface area contributed by atoms with E-state index in [9.17, 15) is 9.59 Å². The van der Waals surface area contributed by atoms with Crippen LogP contribution in [0.1, 0.15) is 34.6 Å². The number of nitrogens with one attached hydrogen (secondary N) is 1. The predicted molar refractivity (Wildman–Crippen MR) is 114 cm³/mol. The molecule has 0 aromatic heterocycles. The van der Waals surface area contributed by atoms with E-state index in [2.05, 4.69) is 5.32 Å². The van der Waals surface area contributed by atoms with Gasteiger partial charge in [-0.15, -0.1) is 0 Å². The first-order chi connectivity index (χ1) is 13.6. The van der Waals surface area contributed by atoms with Gasteiger partial charge in [0.2, 0.25) is 0 Å². The Kier molecular flexibility index (Phi) is 6.22. The Hall–Kier alpha value is -3.40. The quantitative estimate of drug-likeness (QED) is 0.655. The molecular weight excluding hydrogens is 348 g/mol. The molecule has 0 bridgehead atoms. The van der Waals surface area contributed by atoms with Crippen molar-refractivity contribution < 1.29 is 9.59 Å². The predicted octanol–water partition coefficient (Wildman–Crippen LogP) is 5.09. The molecule has 2 amide bonds. The Balaban J connectivity index is 1.73. The van der Waals surface area contributed by atoms with Gasteiger partial charge in [0.15, 0.2) is 0 Å². The molecule has 4 nitrogen and oxygen atoms in total. The van der Waals surface area contributed by atoms with Gasteiger partial charge in [0.1, 0.15) is 0 Å². The summed E-state index contributed by atoms with van der Waals surface area (Å²) in [6.07, 6.45) is 0. The lowest BCUT2D eigenvalue weighted by molar-refractivity contribution is 0.0772. The van der Waals surface area contributed by atoms with Crippen molar-refractivity contribution in [3.8, 4) is 11.1 Å². The van der Waals surface area contributed by atoms with Crippen LogP contribution in [0, 0.1) is 0 Å². The highest BCUT2D eigenvalue weighted by atomic mass is 16.2. The van der Waals surface area contributed by atoms with E-state index in [0.717, 1.165) is 11.1 Å². The Morgan fingerprint density at radius 3 is 2.04 bits per heavy atom. The second kappa shape index (κ2) is 9.00. The first kappa shape index (κ1) is 19.4. The summed E-state index contributed by atoms with van der Waals surface area (Å²) in [6, 6.07) is 24.6. The SMILES string of the molecule is CCN(CC)C(=O)c1cccc(NC(=O)c2ccc(-c3ccccc3)cc2)c1. The smallest absolute Gasteiger partial charge is 0.255 e. The number of carbonyl (C=O) groups is 2. The second-order valence-electron chi connectivity index (χ2n) is 6.46. The van der Waals surface area contributed by atoms with Crippen LogP contribution in [-0.2, 0) is 0 Å². The van der Waals surface area contributed by atoms with Crippen molar-refractivity contribution in [1.29, 1.82) is 0 Å². The fourth-order valence-electron chi connectivity index (χ4n) is 3.07. The summed E-state index contributed by atoms with van der Waals surface area (Å²) in [4.78, 5) is 26.8. The van der Waals surface area contributed by atoms with Crippen LogP contribution in [0.2, 0.25) is 0 Å². The molecular formula is C24H24N2O2. The Morgan fingerprint density at radius 2 is 1.39 bits per heavy atom. The molecule has 3 rings (SSSR count). The molecule has 1 N–H and O–H groups in total. The number of nitrogens with zero attached hydrogens (tertiary/aromatic N) is 1. The lowest BCUT2D eigenvalue weighted by Crippen LogP contribution is -2.30. The Bertz CT molecular complexity index is 946. The van der Waals surface area contributed by atoms with E-state index in [1.54, 1.807) is 29.2 Å². The maximum absolute atomic E-state index is 12.6. The Morgan fingerprint density at radius 1 is 0.750 bits per heavy atom. The molecule has 4 heteroatoms. The van der Waals surface area contributed by atoms with Crippen LogP contribution in [0.5, 0.6) is 0 Å². The van der Waals surface area contributed by atoms with Gasteiger partial charge in [0.25, 0.3) is 11.8 Å². The lowest BCUT2D eigenvalue weighted by atomic mass is 10.0. The van der Waals surface area contributed by atoms with Gasteiger partial charge in [-0.25, -0.2) is 0 Å². The highest BCUT2D eigenvalue weighted by Gasteiger charge is 2.13. The van der Waals surface area contributed by atoms with Crippen LogP contribution < -0.4 is 5.32 Å². The molecule has 28 heavy (non-hydrogen) atoms. The zero-order chi connectivity index (χ0) is 19.9. The van der Waals surface area contributed by atoms with Crippen LogP contribution >= 0.6 is 0 Å². The molecule has 0 radical (unpaired) electrons. The minimum absolute atomic E-state index is 0.0340. The normalized spacial score (nSPS) is 10.4. The molecule has 0 unspecified atom stereocenters. The Labute approximate surface area is 165 Å². The maximum Gasteiger partial charge on any atom is 0.255 e. The van der Waals surface area contributed by atoms with E-state index >= 15 is 0 Å². The number of anilines is 1. The van der Waals surface area contributed by atoms with Crippen LogP contribution in [0.4, 0.5) is 5.69 Å². The van der Waals surface area contributed by atoms with E-state index in [1.165, 1.54) is 0 Å². The summed E-state index contributed by atoms with van der Waals surface area (Å²) in [7, 11) is 0. The van der Waals surface area contributed by atoms with E-state index in [1.807, 2.05) is 68.4 Å². The van der Waals surface area contributed by atoms with Crippen molar-refractivity contribution in [1.82, 2.24) is 4.90 Å². The highest BCUT2D eigenvalue weighted by molar-refractivity contribution is 6.05. The molecule has 0 atom stereocenters. The molecule has 0 heterocycles. The molecule has 0 spiro atoms. The van der Waals surface area contributed by atoms with Gasteiger partial charge in [-0.3, -0.25) is 9.59 Å². The van der Waals surface area contributed by atoms with Crippen molar-refractivity contribution in [2.24, 2.45) is 0 Å². The molecule has 0 saturated heterocycles. The first-order valence-electron chi connectivity index (χ1n) is 9.48. The fourth-order valence-corrected chi connectivity index (χ4v) is 3.07. The molecule has 0 aliphatic carbocycles. The number of carbonyl (C=O) groups excluding carboxylic acids is 2. The van der Waals surface area contributed by atoms with Gasteiger partial charge in [-0.1, -0.05) is 48.5 Å². The average molecular weight is 372 g/mol. The molecule has 0 aliphatic heterocycles. The molecule has 0 fully saturated rings. The van der Waals surface area contributed by atoms with Gasteiger partial charge in [0.05, 0.1) is 0 Å². The third kappa shape index (κ3) is 4.46. The summed E-state index contributed by atoms with van der Waals surface area (Å²) in [5, 5.41) is 2.88. The van der Waals surface area contributed by atoms with Crippen molar-refractivity contribution in [2.45, 2.75) is 13.8 Å². The molecule has 0 saturated carbocycles. The first-order valence-corrected chi connectivity index (χ1v) is 9.48. The van der Waals surface area contributed by atoms with Gasteiger partial charge in [0, 0.05) is 29.9 Å². The van der Waals surface area contributed by atoms with Gasteiger partial charge in [-0.05, 0) is 55.3 Å². The third-order valence-electron chi connectivity index (χ3n) is 4.67. The molecule has 0 aliphatic rings. The van der Waals surface area contributed by atoms with E-state index < -0.39 is 0 Å². The van der Waals surface area contributed by atoms with Gasteiger partial charge >= 0.3 is 0 Å². The van der Waals surface area contributed by atoms with E-state index in [0.29, 0.717) is 29.9 Å². The summed E-state index contributed by atoms with van der Waals surface area (Å²) >= 11 is 0. The van der Waals surface area contributed by atoms with Crippen molar-refractivity contribution in [3.63, 3.8) is 0 Å². The minimum Gasteiger partial charge on any atom is -0.339 e. The lowest BCUT2D eigenvalue weighted by Gasteiger charge is -2.19. The van der Waals surface area contributed by atoms with E-state index in [-0.39, 0.29) is 11.8 Å². The monoisotopic (exact) mass is 372 g/mol. The number of benzene rings is 3. The molecule has 142 valence electrons. The van der Waals surface area contributed by atoms with Crippen LogP contribution in [0.15, 0.2) is 78.9 Å². The zero-order valence-corrected chi connectivity index (χ0v) is 16.2. The van der Waals surface area contributed by atoms with Crippen molar-refractivity contribution in [3.05, 3.63) is 90.0 Å². The number of hydrogen-bond acceptors (Lipinski definition) is 2. The van der Waals surface area contributed by atoms with Gasteiger partial charge in [-0.2, -0.15) is 0 Å². The summed E-state index contributed by atoms with van der Waals surface area (Å²) in [5.41, 5.74) is 3.91. The highest BCUT2D eigenvalue weighted by Crippen LogP contribution is 2.20. The van der Waals surface area contributed by atoms with E-state index in [4.69, 9.17) is 0 Å². The number of amides is 2. The standard InChI is InChI=1S/C24H24N2O2/c1-3-26(4-2)24(28)21-11-8-12-22(17-21)25-23(27)20-15-13-19(14-16-20)18-9-6-5-7-10-18/h5-17H,3-4H2,1-2H3,(H,25,27). The van der Waals surface area contributed by atoms with Crippen molar-refractivity contribution >= 4 is 17.5 Å². The number of rotatable bonds is 6. The topological polar surface area (TPSA) is 49.4 Å². The van der Waals surface area contributed by atoms with Crippen LogP contribution in [-0.4, -0.2) is 29.8 Å².